The van der Waals surface area contributed by atoms with Gasteiger partial charge in [-0.2, -0.15) is 0 Å². The lowest BCUT2D eigenvalue weighted by atomic mass is 10.1. The molecule has 1 heterocycles. The number of carbonyl (C=O) groups is 2. The Morgan fingerprint density at radius 1 is 1.11 bits per heavy atom. The second kappa shape index (κ2) is 9.36. The zero-order valence-electron chi connectivity index (χ0n) is 16.7. The summed E-state index contributed by atoms with van der Waals surface area (Å²) in [6, 6.07) is 9.12. The summed E-state index contributed by atoms with van der Waals surface area (Å²) in [5, 5.41) is 6.06. The minimum absolute atomic E-state index is 0.0266. The van der Waals surface area contributed by atoms with Crippen LogP contribution in [0.15, 0.2) is 24.3 Å². The van der Waals surface area contributed by atoms with E-state index in [2.05, 4.69) is 46.7 Å². The van der Waals surface area contributed by atoms with Crippen LogP contribution < -0.4 is 10.6 Å². The van der Waals surface area contributed by atoms with Gasteiger partial charge in [0.1, 0.15) is 0 Å². The van der Waals surface area contributed by atoms with Gasteiger partial charge in [0.2, 0.25) is 11.8 Å². The van der Waals surface area contributed by atoms with Crippen molar-refractivity contribution in [3.8, 4) is 0 Å². The first kappa shape index (κ1) is 19.9. The molecule has 1 aliphatic carbocycles. The van der Waals surface area contributed by atoms with E-state index in [1.54, 1.807) is 6.92 Å². The van der Waals surface area contributed by atoms with E-state index in [9.17, 15) is 9.59 Å². The molecule has 2 amide bonds. The predicted octanol–water partition coefficient (Wildman–Crippen LogP) is 2.42. The van der Waals surface area contributed by atoms with Crippen LogP contribution in [0.5, 0.6) is 0 Å². The smallest absolute Gasteiger partial charge is 0.221 e. The number of aryl methyl sites for hydroxylation is 1. The topological polar surface area (TPSA) is 61.4 Å². The fourth-order valence-electron chi connectivity index (χ4n) is 4.11. The molecule has 0 radical (unpaired) electrons. The van der Waals surface area contributed by atoms with E-state index in [1.165, 1.54) is 24.0 Å². The number of hydrogen-bond donors (Lipinski definition) is 2. The standard InChI is InChI=1S/C22H33N3O2/c1-16-4-3-5-18(12-16)10-11-23-22(27)13-20-8-9-21(14-24-17(2)26)25(20)15-19-6-7-19/h3-5,12,19-21H,6-11,13-15H2,1-2H3,(H,23,27)(H,24,26)/t20-,21+/m0/s1. The van der Waals surface area contributed by atoms with E-state index >= 15 is 0 Å². The van der Waals surface area contributed by atoms with E-state index in [0.29, 0.717) is 31.6 Å². The summed E-state index contributed by atoms with van der Waals surface area (Å²) in [7, 11) is 0. The van der Waals surface area contributed by atoms with E-state index in [1.807, 2.05) is 0 Å². The van der Waals surface area contributed by atoms with Crippen LogP contribution in [0.2, 0.25) is 0 Å². The summed E-state index contributed by atoms with van der Waals surface area (Å²) in [6.07, 6.45) is 6.15. The van der Waals surface area contributed by atoms with Gasteiger partial charge >= 0.3 is 0 Å². The van der Waals surface area contributed by atoms with Crippen LogP contribution in [0.4, 0.5) is 0 Å². The van der Waals surface area contributed by atoms with Gasteiger partial charge in [-0.15, -0.1) is 0 Å². The maximum absolute atomic E-state index is 12.5. The quantitative estimate of drug-likeness (QED) is 0.701. The molecule has 2 aliphatic rings. The van der Waals surface area contributed by atoms with Crippen molar-refractivity contribution in [2.24, 2.45) is 5.92 Å². The Kier molecular flexibility index (Phi) is 6.89. The number of likely N-dealkylation sites (tertiary alicyclic amines) is 1. The molecular formula is C22H33N3O2. The number of rotatable bonds is 9. The summed E-state index contributed by atoms with van der Waals surface area (Å²) < 4.78 is 0. The number of benzene rings is 1. The van der Waals surface area contributed by atoms with Crippen molar-refractivity contribution in [1.82, 2.24) is 15.5 Å². The first-order valence-electron chi connectivity index (χ1n) is 10.3. The third kappa shape index (κ3) is 6.35. The molecule has 5 heteroatoms. The van der Waals surface area contributed by atoms with Crippen molar-refractivity contribution in [1.29, 1.82) is 0 Å². The van der Waals surface area contributed by atoms with E-state index < -0.39 is 0 Å². The SMILES string of the molecule is CC(=O)NC[C@H]1CC[C@@H](CC(=O)NCCc2cccc(C)c2)N1CC1CC1. The van der Waals surface area contributed by atoms with Gasteiger partial charge in [0.15, 0.2) is 0 Å². The fraction of sp³-hybridized carbons (Fsp3) is 0.636. The van der Waals surface area contributed by atoms with Gasteiger partial charge in [0.25, 0.3) is 0 Å². The van der Waals surface area contributed by atoms with E-state index in [0.717, 1.165) is 31.7 Å². The number of nitrogens with zero attached hydrogens (tertiary/aromatic N) is 1. The molecular weight excluding hydrogens is 338 g/mol. The Labute approximate surface area is 162 Å². The number of carbonyl (C=O) groups excluding carboxylic acids is 2. The monoisotopic (exact) mass is 371 g/mol. The Balaban J connectivity index is 1.45. The molecule has 2 fully saturated rings. The highest BCUT2D eigenvalue weighted by atomic mass is 16.2. The average Bonchev–Trinajstić information content (AvgIpc) is 3.36. The van der Waals surface area contributed by atoms with Crippen LogP contribution >= 0.6 is 0 Å². The molecule has 27 heavy (non-hydrogen) atoms. The van der Waals surface area contributed by atoms with Gasteiger partial charge in [-0.25, -0.2) is 0 Å². The minimum atomic E-state index is 0.0266. The molecule has 148 valence electrons. The molecule has 5 nitrogen and oxygen atoms in total. The third-order valence-corrected chi connectivity index (χ3v) is 5.76. The molecule has 1 aliphatic heterocycles. The molecule has 1 aromatic rings. The zero-order valence-corrected chi connectivity index (χ0v) is 16.7. The highest BCUT2D eigenvalue weighted by Crippen LogP contribution is 2.35. The molecule has 0 spiro atoms. The number of nitrogens with one attached hydrogen (secondary N) is 2. The van der Waals surface area contributed by atoms with Crippen LogP contribution in [-0.2, 0) is 16.0 Å². The molecule has 1 saturated heterocycles. The van der Waals surface area contributed by atoms with Crippen LogP contribution in [0.25, 0.3) is 0 Å². The van der Waals surface area contributed by atoms with Gasteiger partial charge in [-0.1, -0.05) is 29.8 Å². The molecule has 2 N–H and O–H groups in total. The van der Waals surface area contributed by atoms with E-state index in [4.69, 9.17) is 0 Å². The lowest BCUT2D eigenvalue weighted by Crippen LogP contribution is -2.45. The van der Waals surface area contributed by atoms with Crippen molar-refractivity contribution < 1.29 is 9.59 Å². The summed E-state index contributed by atoms with van der Waals surface area (Å²) in [6.45, 7) is 6.12. The number of hydrogen-bond acceptors (Lipinski definition) is 3. The molecule has 1 saturated carbocycles. The van der Waals surface area contributed by atoms with Gasteiger partial charge < -0.3 is 10.6 Å². The zero-order chi connectivity index (χ0) is 19.2. The van der Waals surface area contributed by atoms with E-state index in [-0.39, 0.29) is 11.8 Å². The molecule has 3 rings (SSSR count). The normalized spacial score (nSPS) is 22.6. The van der Waals surface area contributed by atoms with Gasteiger partial charge in [-0.05, 0) is 50.5 Å². The molecule has 0 unspecified atom stereocenters. The first-order chi connectivity index (χ1) is 13.0. The second-order valence-electron chi connectivity index (χ2n) is 8.26. The Morgan fingerprint density at radius 2 is 1.89 bits per heavy atom. The molecule has 2 atom stereocenters. The predicted molar refractivity (Wildman–Crippen MR) is 107 cm³/mol. The molecule has 0 aromatic heterocycles. The maximum Gasteiger partial charge on any atom is 0.221 e. The van der Waals surface area contributed by atoms with Crippen molar-refractivity contribution >= 4 is 11.8 Å². The lowest BCUT2D eigenvalue weighted by molar-refractivity contribution is -0.122. The maximum atomic E-state index is 12.5. The van der Waals surface area contributed by atoms with Crippen molar-refractivity contribution in [3.63, 3.8) is 0 Å². The summed E-state index contributed by atoms with van der Waals surface area (Å²) >= 11 is 0. The average molecular weight is 372 g/mol. The van der Waals surface area contributed by atoms with Crippen LogP contribution in [-0.4, -0.2) is 48.4 Å². The van der Waals surface area contributed by atoms with Crippen LogP contribution in [0.3, 0.4) is 0 Å². The van der Waals surface area contributed by atoms with Crippen LogP contribution in [0.1, 0.15) is 50.2 Å². The van der Waals surface area contributed by atoms with Gasteiger partial charge in [0.05, 0.1) is 0 Å². The summed E-state index contributed by atoms with van der Waals surface area (Å²) in [5.74, 6) is 0.960. The summed E-state index contributed by atoms with van der Waals surface area (Å²) in [4.78, 5) is 26.2. The van der Waals surface area contributed by atoms with Gasteiger partial charge in [0, 0.05) is 45.1 Å². The highest BCUT2D eigenvalue weighted by molar-refractivity contribution is 5.76. The van der Waals surface area contributed by atoms with Crippen LogP contribution in [0, 0.1) is 12.8 Å². The molecule has 0 bridgehead atoms. The summed E-state index contributed by atoms with van der Waals surface area (Å²) in [5.41, 5.74) is 2.52. The largest absolute Gasteiger partial charge is 0.356 e. The second-order valence-corrected chi connectivity index (χ2v) is 8.26. The fourth-order valence-corrected chi connectivity index (χ4v) is 4.11. The number of amides is 2. The molecule has 1 aromatic carbocycles. The van der Waals surface area contributed by atoms with Crippen molar-refractivity contribution in [3.05, 3.63) is 35.4 Å². The Hall–Kier alpha value is -1.88. The highest BCUT2D eigenvalue weighted by Gasteiger charge is 2.37. The van der Waals surface area contributed by atoms with Crippen molar-refractivity contribution in [2.45, 2.75) is 64.5 Å². The van der Waals surface area contributed by atoms with Crippen molar-refractivity contribution in [2.75, 3.05) is 19.6 Å². The minimum Gasteiger partial charge on any atom is -0.356 e. The van der Waals surface area contributed by atoms with Gasteiger partial charge in [-0.3, -0.25) is 14.5 Å². The Bertz CT molecular complexity index is 657. The Morgan fingerprint density at radius 3 is 2.59 bits per heavy atom. The lowest BCUT2D eigenvalue weighted by Gasteiger charge is -2.30. The first-order valence-corrected chi connectivity index (χ1v) is 10.3. The third-order valence-electron chi connectivity index (χ3n) is 5.76.